The van der Waals surface area contributed by atoms with Gasteiger partial charge >= 0.3 is 0 Å². The van der Waals surface area contributed by atoms with Crippen LogP contribution in [0.1, 0.15) is 47.4 Å². The Balaban J connectivity index is 1.78. The minimum atomic E-state index is -0.320. The van der Waals surface area contributed by atoms with Gasteiger partial charge < -0.3 is 20.1 Å². The molecule has 2 aromatic carbocycles. The molecule has 0 aliphatic heterocycles. The molecule has 0 aromatic heterocycles. The fourth-order valence-corrected chi connectivity index (χ4v) is 2.66. The van der Waals surface area contributed by atoms with Gasteiger partial charge in [-0.05, 0) is 63.1 Å². The summed E-state index contributed by atoms with van der Waals surface area (Å²) in [5, 5.41) is 5.78. The van der Waals surface area contributed by atoms with Crippen molar-refractivity contribution in [3.05, 3.63) is 53.6 Å². The minimum Gasteiger partial charge on any atom is -0.494 e. The Morgan fingerprint density at radius 1 is 1.00 bits per heavy atom. The van der Waals surface area contributed by atoms with E-state index < -0.39 is 0 Å². The summed E-state index contributed by atoms with van der Waals surface area (Å²) in [7, 11) is 0. The van der Waals surface area contributed by atoms with Crippen LogP contribution in [0.3, 0.4) is 0 Å². The van der Waals surface area contributed by atoms with Crippen molar-refractivity contribution in [2.45, 2.75) is 32.7 Å². The molecule has 0 bridgehead atoms. The van der Waals surface area contributed by atoms with Crippen molar-refractivity contribution in [2.24, 2.45) is 0 Å². The summed E-state index contributed by atoms with van der Waals surface area (Å²) in [6.07, 6.45) is 2.05. The van der Waals surface area contributed by atoms with Crippen molar-refractivity contribution in [3.63, 3.8) is 0 Å². The summed E-state index contributed by atoms with van der Waals surface area (Å²) >= 11 is 0. The van der Waals surface area contributed by atoms with Crippen molar-refractivity contribution in [1.29, 1.82) is 0 Å². The predicted octanol–water partition coefficient (Wildman–Crippen LogP) is 3.63. The van der Waals surface area contributed by atoms with E-state index >= 15 is 0 Å². The minimum absolute atomic E-state index is 0.123. The number of amides is 2. The highest BCUT2D eigenvalue weighted by Crippen LogP contribution is 2.26. The number of benzene rings is 2. The first-order chi connectivity index (χ1) is 13.1. The van der Waals surface area contributed by atoms with E-state index in [4.69, 9.17) is 9.47 Å². The highest BCUT2D eigenvalue weighted by Gasteiger charge is 2.24. The largest absolute Gasteiger partial charge is 0.494 e. The zero-order chi connectivity index (χ0) is 19.2. The van der Waals surface area contributed by atoms with Crippen molar-refractivity contribution in [2.75, 3.05) is 18.5 Å². The number of hydrogen-bond acceptors (Lipinski definition) is 4. The fraction of sp³-hybridized carbons (Fsp3) is 0.333. The number of carbonyl (C=O) groups is 2. The quantitative estimate of drug-likeness (QED) is 0.746. The van der Waals surface area contributed by atoms with E-state index in [0.29, 0.717) is 41.5 Å². The van der Waals surface area contributed by atoms with E-state index in [-0.39, 0.29) is 17.9 Å². The molecule has 1 aliphatic rings. The number of ether oxygens (including phenoxy) is 2. The van der Waals surface area contributed by atoms with E-state index in [0.717, 1.165) is 12.8 Å². The van der Waals surface area contributed by atoms with Crippen LogP contribution in [-0.2, 0) is 0 Å². The molecular weight excluding hydrogens is 344 g/mol. The van der Waals surface area contributed by atoms with Crippen LogP contribution in [0.4, 0.5) is 5.69 Å². The van der Waals surface area contributed by atoms with Gasteiger partial charge in [0.2, 0.25) is 0 Å². The lowest BCUT2D eigenvalue weighted by atomic mass is 10.1. The van der Waals surface area contributed by atoms with Crippen molar-refractivity contribution in [1.82, 2.24) is 5.32 Å². The third kappa shape index (κ3) is 5.00. The molecule has 3 rings (SSSR count). The molecule has 1 aliphatic carbocycles. The molecule has 2 aromatic rings. The molecule has 0 saturated heterocycles. The Morgan fingerprint density at radius 3 is 2.48 bits per heavy atom. The molecule has 2 amide bonds. The van der Waals surface area contributed by atoms with Gasteiger partial charge in [-0.25, -0.2) is 0 Å². The van der Waals surface area contributed by atoms with Gasteiger partial charge in [0, 0.05) is 17.3 Å². The molecule has 0 heterocycles. The SMILES string of the molecule is CCOc1ccc(OCC)c(C(=O)Nc2cccc(C(=O)NC3CC3)c2)c1. The van der Waals surface area contributed by atoms with Crippen LogP contribution in [0.25, 0.3) is 0 Å². The van der Waals surface area contributed by atoms with Gasteiger partial charge in [-0.15, -0.1) is 0 Å². The van der Waals surface area contributed by atoms with Crippen LogP contribution in [0, 0.1) is 0 Å². The lowest BCUT2D eigenvalue weighted by Gasteiger charge is -2.13. The summed E-state index contributed by atoms with van der Waals surface area (Å²) in [6.45, 7) is 4.70. The average Bonchev–Trinajstić information content (AvgIpc) is 3.47. The van der Waals surface area contributed by atoms with E-state index in [9.17, 15) is 9.59 Å². The van der Waals surface area contributed by atoms with Gasteiger partial charge in [-0.3, -0.25) is 9.59 Å². The number of rotatable bonds is 8. The van der Waals surface area contributed by atoms with E-state index in [2.05, 4.69) is 10.6 Å². The zero-order valence-electron chi connectivity index (χ0n) is 15.6. The first kappa shape index (κ1) is 18.8. The Hall–Kier alpha value is -3.02. The van der Waals surface area contributed by atoms with Crippen LogP contribution in [0.5, 0.6) is 11.5 Å². The molecule has 1 saturated carbocycles. The second-order valence-electron chi connectivity index (χ2n) is 6.31. The number of anilines is 1. The topological polar surface area (TPSA) is 76.7 Å². The van der Waals surface area contributed by atoms with Crippen molar-refractivity contribution >= 4 is 17.5 Å². The first-order valence-corrected chi connectivity index (χ1v) is 9.22. The van der Waals surface area contributed by atoms with Crippen molar-refractivity contribution in [3.8, 4) is 11.5 Å². The summed E-state index contributed by atoms with van der Waals surface area (Å²) < 4.78 is 11.0. The predicted molar refractivity (Wildman–Crippen MR) is 104 cm³/mol. The highest BCUT2D eigenvalue weighted by atomic mass is 16.5. The summed E-state index contributed by atoms with van der Waals surface area (Å²) in [4.78, 5) is 25.0. The maximum Gasteiger partial charge on any atom is 0.259 e. The summed E-state index contributed by atoms with van der Waals surface area (Å²) in [5.41, 5.74) is 1.45. The molecule has 0 radical (unpaired) electrons. The smallest absolute Gasteiger partial charge is 0.259 e. The third-order valence-electron chi connectivity index (χ3n) is 4.10. The molecule has 6 nitrogen and oxygen atoms in total. The lowest BCUT2D eigenvalue weighted by molar-refractivity contribution is 0.0949. The van der Waals surface area contributed by atoms with E-state index in [1.807, 2.05) is 13.8 Å². The second kappa shape index (κ2) is 8.58. The summed E-state index contributed by atoms with van der Waals surface area (Å²) in [5.74, 6) is 0.645. The van der Waals surface area contributed by atoms with Gasteiger partial charge in [-0.2, -0.15) is 0 Å². The van der Waals surface area contributed by atoms with Gasteiger partial charge in [0.25, 0.3) is 11.8 Å². The molecule has 0 unspecified atom stereocenters. The number of hydrogen-bond donors (Lipinski definition) is 2. The van der Waals surface area contributed by atoms with E-state index in [1.165, 1.54) is 0 Å². The van der Waals surface area contributed by atoms with Crippen LogP contribution in [0.2, 0.25) is 0 Å². The molecule has 0 atom stereocenters. The summed E-state index contributed by atoms with van der Waals surface area (Å²) in [6, 6.07) is 12.3. The van der Waals surface area contributed by atoms with Gasteiger partial charge in [0.05, 0.1) is 18.8 Å². The monoisotopic (exact) mass is 368 g/mol. The molecule has 6 heteroatoms. The number of carbonyl (C=O) groups excluding carboxylic acids is 2. The Bertz CT molecular complexity index is 831. The molecule has 142 valence electrons. The Labute approximate surface area is 158 Å². The maximum atomic E-state index is 12.8. The lowest BCUT2D eigenvalue weighted by Crippen LogP contribution is -2.25. The van der Waals surface area contributed by atoms with Crippen LogP contribution in [0.15, 0.2) is 42.5 Å². The molecule has 27 heavy (non-hydrogen) atoms. The molecule has 2 N–H and O–H groups in total. The zero-order valence-corrected chi connectivity index (χ0v) is 15.6. The normalized spacial score (nSPS) is 13.0. The Morgan fingerprint density at radius 2 is 1.78 bits per heavy atom. The standard InChI is InChI=1S/C21H24N2O4/c1-3-26-17-10-11-19(27-4-2)18(13-17)21(25)23-16-7-5-6-14(12-16)20(24)22-15-8-9-15/h5-7,10-13,15H,3-4,8-9H2,1-2H3,(H,22,24)(H,23,25). The third-order valence-corrected chi connectivity index (χ3v) is 4.10. The molecule has 1 fully saturated rings. The average molecular weight is 368 g/mol. The maximum absolute atomic E-state index is 12.8. The van der Waals surface area contributed by atoms with Crippen molar-refractivity contribution < 1.29 is 19.1 Å². The second-order valence-corrected chi connectivity index (χ2v) is 6.31. The van der Waals surface area contributed by atoms with Gasteiger partial charge in [0.15, 0.2) is 0 Å². The molecular formula is C21H24N2O4. The first-order valence-electron chi connectivity index (χ1n) is 9.22. The van der Waals surface area contributed by atoms with Crippen LogP contribution in [-0.4, -0.2) is 31.1 Å². The fourth-order valence-electron chi connectivity index (χ4n) is 2.66. The Kier molecular flexibility index (Phi) is 5.96. The van der Waals surface area contributed by atoms with Gasteiger partial charge in [0.1, 0.15) is 11.5 Å². The van der Waals surface area contributed by atoms with Crippen LogP contribution >= 0.6 is 0 Å². The number of nitrogens with one attached hydrogen (secondary N) is 2. The van der Waals surface area contributed by atoms with Crippen LogP contribution < -0.4 is 20.1 Å². The van der Waals surface area contributed by atoms with Gasteiger partial charge in [-0.1, -0.05) is 6.07 Å². The highest BCUT2D eigenvalue weighted by molar-refractivity contribution is 6.07. The van der Waals surface area contributed by atoms with E-state index in [1.54, 1.807) is 42.5 Å². The molecule has 0 spiro atoms.